The van der Waals surface area contributed by atoms with Crippen LogP contribution < -0.4 is 4.90 Å². The molecule has 0 unspecified atom stereocenters. The van der Waals surface area contributed by atoms with E-state index >= 15 is 0 Å². The van der Waals surface area contributed by atoms with E-state index in [2.05, 4.69) is 61.0 Å². The summed E-state index contributed by atoms with van der Waals surface area (Å²) in [5, 5.41) is 10.1. The molecule has 0 spiro atoms. The minimum atomic E-state index is 0.758. The minimum absolute atomic E-state index is 0.758. The largest absolute Gasteiger partial charge is 0.362 e. The van der Waals surface area contributed by atoms with E-state index in [9.17, 15) is 0 Å². The Bertz CT molecular complexity index is 1030. The molecule has 2 aromatic carbocycles. The summed E-state index contributed by atoms with van der Waals surface area (Å²) in [4.78, 5) is 6.83. The Hall–Kier alpha value is -3.21. The third-order valence-electron chi connectivity index (χ3n) is 4.75. The maximum Gasteiger partial charge on any atom is 0.164 e. The van der Waals surface area contributed by atoms with E-state index in [1.807, 2.05) is 30.5 Å². The van der Waals surface area contributed by atoms with Crippen molar-refractivity contribution in [3.8, 4) is 11.4 Å². The Labute approximate surface area is 145 Å². The first-order valence-electron chi connectivity index (χ1n) is 8.46. The molecule has 0 saturated carbocycles. The Morgan fingerprint density at radius 2 is 1.64 bits per heavy atom. The molecular weight excluding hydrogens is 310 g/mol. The molecule has 5 nitrogen and oxygen atoms in total. The first kappa shape index (κ1) is 14.2. The number of rotatable bonds is 2. The zero-order valence-electron chi connectivity index (χ0n) is 13.7. The van der Waals surface area contributed by atoms with Crippen LogP contribution in [-0.2, 0) is 13.1 Å². The number of para-hydroxylation sites is 1. The molecule has 3 heterocycles. The van der Waals surface area contributed by atoms with Crippen molar-refractivity contribution in [3.63, 3.8) is 0 Å². The molecule has 0 radical (unpaired) electrons. The summed E-state index contributed by atoms with van der Waals surface area (Å²) in [6.45, 7) is 2.57. The number of benzene rings is 2. The van der Waals surface area contributed by atoms with E-state index in [1.165, 1.54) is 11.1 Å². The summed E-state index contributed by atoms with van der Waals surface area (Å²) in [6, 6.07) is 20.6. The SMILES string of the molecule is c1ccc(-c2nnc3n2CCN(c2ccnc4ccccc24)C3)cc1. The summed E-state index contributed by atoms with van der Waals surface area (Å²) in [5.74, 6) is 1.96. The third-order valence-corrected chi connectivity index (χ3v) is 4.75. The summed E-state index contributed by atoms with van der Waals surface area (Å²) >= 11 is 0. The Kier molecular flexibility index (Phi) is 3.23. The van der Waals surface area contributed by atoms with Gasteiger partial charge in [0.25, 0.3) is 0 Å². The number of anilines is 1. The van der Waals surface area contributed by atoms with Crippen molar-refractivity contribution in [2.45, 2.75) is 13.1 Å². The van der Waals surface area contributed by atoms with E-state index in [0.717, 1.165) is 42.4 Å². The van der Waals surface area contributed by atoms with Gasteiger partial charge in [0.05, 0.1) is 12.1 Å². The molecule has 5 rings (SSSR count). The quantitative estimate of drug-likeness (QED) is 0.565. The number of nitrogens with zero attached hydrogens (tertiary/aromatic N) is 5. The van der Waals surface area contributed by atoms with E-state index in [-0.39, 0.29) is 0 Å². The predicted octanol–water partition coefficient (Wildman–Crippen LogP) is 3.51. The molecule has 122 valence electrons. The van der Waals surface area contributed by atoms with Gasteiger partial charge in [-0.05, 0) is 12.1 Å². The highest BCUT2D eigenvalue weighted by atomic mass is 15.3. The molecule has 5 heteroatoms. The van der Waals surface area contributed by atoms with Crippen LogP contribution in [-0.4, -0.2) is 26.3 Å². The van der Waals surface area contributed by atoms with Crippen molar-refractivity contribution in [2.75, 3.05) is 11.4 Å². The van der Waals surface area contributed by atoms with Crippen molar-refractivity contribution in [1.82, 2.24) is 19.7 Å². The Morgan fingerprint density at radius 1 is 0.800 bits per heavy atom. The predicted molar refractivity (Wildman–Crippen MR) is 98.3 cm³/mol. The molecule has 25 heavy (non-hydrogen) atoms. The van der Waals surface area contributed by atoms with Crippen LogP contribution in [0.3, 0.4) is 0 Å². The van der Waals surface area contributed by atoms with Crippen molar-refractivity contribution in [3.05, 3.63) is 72.7 Å². The van der Waals surface area contributed by atoms with Gasteiger partial charge in [0.1, 0.15) is 0 Å². The van der Waals surface area contributed by atoms with E-state index in [0.29, 0.717) is 0 Å². The van der Waals surface area contributed by atoms with Gasteiger partial charge in [0, 0.05) is 35.9 Å². The average Bonchev–Trinajstić information content (AvgIpc) is 3.11. The second-order valence-electron chi connectivity index (χ2n) is 6.23. The third kappa shape index (κ3) is 2.36. The van der Waals surface area contributed by atoms with Crippen LogP contribution in [0.2, 0.25) is 0 Å². The topological polar surface area (TPSA) is 46.8 Å². The van der Waals surface area contributed by atoms with Gasteiger partial charge in [-0.2, -0.15) is 0 Å². The van der Waals surface area contributed by atoms with Gasteiger partial charge in [0.15, 0.2) is 11.6 Å². The number of hydrogen-bond acceptors (Lipinski definition) is 4. The number of aromatic nitrogens is 4. The maximum atomic E-state index is 4.46. The fourth-order valence-electron chi connectivity index (χ4n) is 3.52. The number of fused-ring (bicyclic) bond motifs is 2. The standard InChI is InChI=1S/C20H17N5/c1-2-6-15(7-3-1)20-23-22-19-14-24(12-13-25(19)20)18-10-11-21-17-9-5-4-8-16(17)18/h1-11H,12-14H2. The lowest BCUT2D eigenvalue weighted by Gasteiger charge is -2.30. The molecule has 2 aromatic heterocycles. The minimum Gasteiger partial charge on any atom is -0.362 e. The second kappa shape index (κ2) is 5.70. The van der Waals surface area contributed by atoms with Gasteiger partial charge in [-0.15, -0.1) is 10.2 Å². The Balaban J connectivity index is 1.52. The summed E-state index contributed by atoms with van der Waals surface area (Å²) in [7, 11) is 0. The van der Waals surface area contributed by atoms with E-state index < -0.39 is 0 Å². The van der Waals surface area contributed by atoms with Crippen LogP contribution in [0.1, 0.15) is 5.82 Å². The number of pyridine rings is 1. The molecule has 0 bridgehead atoms. The highest BCUT2D eigenvalue weighted by molar-refractivity contribution is 5.91. The zero-order chi connectivity index (χ0) is 16.6. The van der Waals surface area contributed by atoms with Gasteiger partial charge in [-0.3, -0.25) is 4.98 Å². The number of hydrogen-bond donors (Lipinski definition) is 0. The summed E-state index contributed by atoms with van der Waals surface area (Å²) in [6.07, 6.45) is 1.88. The van der Waals surface area contributed by atoms with Crippen molar-refractivity contribution in [2.24, 2.45) is 0 Å². The van der Waals surface area contributed by atoms with Crippen LogP contribution in [0.15, 0.2) is 66.9 Å². The lowest BCUT2D eigenvalue weighted by molar-refractivity contribution is 0.565. The first-order valence-corrected chi connectivity index (χ1v) is 8.46. The molecule has 0 atom stereocenters. The lowest BCUT2D eigenvalue weighted by Crippen LogP contribution is -2.34. The Morgan fingerprint density at radius 3 is 2.56 bits per heavy atom. The molecule has 1 aliphatic heterocycles. The van der Waals surface area contributed by atoms with Gasteiger partial charge >= 0.3 is 0 Å². The lowest BCUT2D eigenvalue weighted by atomic mass is 10.1. The van der Waals surface area contributed by atoms with Crippen LogP contribution in [0, 0.1) is 0 Å². The van der Waals surface area contributed by atoms with Crippen LogP contribution in [0.25, 0.3) is 22.3 Å². The maximum absolute atomic E-state index is 4.46. The second-order valence-corrected chi connectivity index (χ2v) is 6.23. The van der Waals surface area contributed by atoms with Crippen LogP contribution in [0.5, 0.6) is 0 Å². The molecule has 0 fully saturated rings. The molecule has 1 aliphatic rings. The van der Waals surface area contributed by atoms with Crippen LogP contribution in [0.4, 0.5) is 5.69 Å². The highest BCUT2D eigenvalue weighted by Crippen LogP contribution is 2.29. The van der Waals surface area contributed by atoms with Crippen molar-refractivity contribution in [1.29, 1.82) is 0 Å². The van der Waals surface area contributed by atoms with Gasteiger partial charge < -0.3 is 9.47 Å². The zero-order valence-corrected chi connectivity index (χ0v) is 13.7. The van der Waals surface area contributed by atoms with E-state index in [4.69, 9.17) is 0 Å². The van der Waals surface area contributed by atoms with E-state index in [1.54, 1.807) is 0 Å². The summed E-state index contributed by atoms with van der Waals surface area (Å²) in [5.41, 5.74) is 3.35. The summed E-state index contributed by atoms with van der Waals surface area (Å²) < 4.78 is 2.23. The highest BCUT2D eigenvalue weighted by Gasteiger charge is 2.23. The smallest absolute Gasteiger partial charge is 0.164 e. The van der Waals surface area contributed by atoms with Gasteiger partial charge in [-0.25, -0.2) is 0 Å². The van der Waals surface area contributed by atoms with Gasteiger partial charge in [-0.1, -0.05) is 48.5 Å². The molecule has 0 aliphatic carbocycles. The average molecular weight is 327 g/mol. The molecular formula is C20H17N5. The van der Waals surface area contributed by atoms with Crippen molar-refractivity contribution >= 4 is 16.6 Å². The van der Waals surface area contributed by atoms with Crippen LogP contribution >= 0.6 is 0 Å². The first-order chi connectivity index (χ1) is 12.4. The molecule has 0 saturated heterocycles. The molecule has 0 amide bonds. The fraction of sp³-hybridized carbons (Fsp3) is 0.150. The molecule has 0 N–H and O–H groups in total. The van der Waals surface area contributed by atoms with Gasteiger partial charge in [0.2, 0.25) is 0 Å². The van der Waals surface area contributed by atoms with Crippen molar-refractivity contribution < 1.29 is 0 Å². The normalized spacial score (nSPS) is 13.8. The monoisotopic (exact) mass is 327 g/mol. The fourth-order valence-corrected chi connectivity index (χ4v) is 3.52. The molecule has 4 aromatic rings.